The van der Waals surface area contributed by atoms with Crippen LogP contribution in [-0.2, 0) is 28.4 Å². The molecule has 4 rings (SSSR count). The summed E-state index contributed by atoms with van der Waals surface area (Å²) in [5.41, 5.74) is 1.83. The van der Waals surface area contributed by atoms with Gasteiger partial charge >= 0.3 is 5.76 Å². The van der Waals surface area contributed by atoms with E-state index in [2.05, 4.69) is 0 Å². The van der Waals surface area contributed by atoms with Gasteiger partial charge in [-0.25, -0.2) is 13.2 Å². The predicted octanol–water partition coefficient (Wildman–Crippen LogP) is 2.19. The molecule has 9 heteroatoms. The number of sulfonamides is 1. The van der Waals surface area contributed by atoms with Crippen LogP contribution in [-0.4, -0.2) is 48.2 Å². The van der Waals surface area contributed by atoms with Gasteiger partial charge in [-0.15, -0.1) is 0 Å². The van der Waals surface area contributed by atoms with Crippen molar-refractivity contribution in [3.63, 3.8) is 0 Å². The fourth-order valence-corrected chi connectivity index (χ4v) is 5.50. The SMILES string of the molecule is CN(Cc1ccccc1)C(=O)C1CCN(S(=O)(=O)c2ccc3c(c2)oc(=O)n3C)CC1. The number of rotatable bonds is 5. The van der Waals surface area contributed by atoms with Gasteiger partial charge in [-0.05, 0) is 30.5 Å². The molecule has 1 aromatic heterocycles. The maximum absolute atomic E-state index is 13.1. The van der Waals surface area contributed by atoms with E-state index in [9.17, 15) is 18.0 Å². The Hall–Kier alpha value is -2.91. The lowest BCUT2D eigenvalue weighted by atomic mass is 9.96. The predicted molar refractivity (Wildman–Crippen MR) is 116 cm³/mol. The first-order chi connectivity index (χ1) is 14.8. The molecule has 2 aromatic carbocycles. The Morgan fingerprint density at radius 3 is 2.48 bits per heavy atom. The van der Waals surface area contributed by atoms with Crippen LogP contribution in [0, 0.1) is 5.92 Å². The van der Waals surface area contributed by atoms with Gasteiger partial charge < -0.3 is 9.32 Å². The van der Waals surface area contributed by atoms with Crippen molar-refractivity contribution in [2.45, 2.75) is 24.3 Å². The van der Waals surface area contributed by atoms with E-state index in [1.807, 2.05) is 30.3 Å². The van der Waals surface area contributed by atoms with Gasteiger partial charge in [0.1, 0.15) is 0 Å². The first kappa shape index (κ1) is 21.3. The highest BCUT2D eigenvalue weighted by Gasteiger charge is 2.33. The largest absolute Gasteiger partial charge is 0.419 e. The molecule has 1 fully saturated rings. The van der Waals surface area contributed by atoms with Gasteiger partial charge in [-0.2, -0.15) is 4.31 Å². The molecule has 3 aromatic rings. The number of aryl methyl sites for hydroxylation is 1. The van der Waals surface area contributed by atoms with Crippen LogP contribution in [0.25, 0.3) is 11.1 Å². The minimum Gasteiger partial charge on any atom is -0.408 e. The minimum absolute atomic E-state index is 0.0355. The maximum atomic E-state index is 13.1. The molecule has 2 heterocycles. The lowest BCUT2D eigenvalue weighted by Crippen LogP contribution is -2.43. The summed E-state index contributed by atoms with van der Waals surface area (Å²) >= 11 is 0. The molecule has 0 N–H and O–H groups in total. The molecule has 8 nitrogen and oxygen atoms in total. The van der Waals surface area contributed by atoms with E-state index < -0.39 is 15.8 Å². The fraction of sp³-hybridized carbons (Fsp3) is 0.364. The Kier molecular flexibility index (Phi) is 5.72. The van der Waals surface area contributed by atoms with Crippen molar-refractivity contribution in [1.82, 2.24) is 13.8 Å². The third kappa shape index (κ3) is 4.15. The topological polar surface area (TPSA) is 92.8 Å². The van der Waals surface area contributed by atoms with Crippen LogP contribution >= 0.6 is 0 Å². The summed E-state index contributed by atoms with van der Waals surface area (Å²) in [6.07, 6.45) is 0.944. The number of hydrogen-bond donors (Lipinski definition) is 0. The molecule has 0 bridgehead atoms. The second-order valence-electron chi connectivity index (χ2n) is 7.91. The number of aromatic nitrogens is 1. The highest BCUT2D eigenvalue weighted by Crippen LogP contribution is 2.27. The zero-order chi connectivity index (χ0) is 22.2. The van der Waals surface area contributed by atoms with E-state index in [4.69, 9.17) is 4.42 Å². The number of piperidine rings is 1. The summed E-state index contributed by atoms with van der Waals surface area (Å²) < 4.78 is 34.0. The molecule has 1 amide bonds. The molecule has 1 aliphatic heterocycles. The van der Waals surface area contributed by atoms with Crippen molar-refractivity contribution in [3.8, 4) is 0 Å². The smallest absolute Gasteiger partial charge is 0.408 e. The number of nitrogens with zero attached hydrogens (tertiary/aromatic N) is 3. The zero-order valence-electron chi connectivity index (χ0n) is 17.5. The van der Waals surface area contributed by atoms with E-state index in [0.29, 0.717) is 24.9 Å². The summed E-state index contributed by atoms with van der Waals surface area (Å²) in [5.74, 6) is -0.702. The van der Waals surface area contributed by atoms with Gasteiger partial charge in [0.25, 0.3) is 0 Å². The lowest BCUT2D eigenvalue weighted by molar-refractivity contribution is -0.135. The van der Waals surface area contributed by atoms with Crippen molar-refractivity contribution in [1.29, 1.82) is 0 Å². The molecule has 0 radical (unpaired) electrons. The summed E-state index contributed by atoms with van der Waals surface area (Å²) in [6, 6.07) is 14.2. The van der Waals surface area contributed by atoms with Crippen LogP contribution in [0.2, 0.25) is 0 Å². The summed E-state index contributed by atoms with van der Waals surface area (Å²) in [6.45, 7) is 1.07. The summed E-state index contributed by atoms with van der Waals surface area (Å²) in [4.78, 5) is 26.3. The molecular weight excluding hydrogens is 418 g/mol. The number of fused-ring (bicyclic) bond motifs is 1. The first-order valence-corrected chi connectivity index (χ1v) is 11.6. The van der Waals surface area contributed by atoms with Crippen LogP contribution in [0.4, 0.5) is 0 Å². The molecule has 164 valence electrons. The minimum atomic E-state index is -3.74. The van der Waals surface area contributed by atoms with Crippen LogP contribution in [0.15, 0.2) is 62.6 Å². The number of benzene rings is 2. The Labute approximate surface area is 180 Å². The van der Waals surface area contributed by atoms with Crippen LogP contribution in [0.3, 0.4) is 0 Å². The zero-order valence-corrected chi connectivity index (χ0v) is 18.3. The molecule has 0 unspecified atom stereocenters. The summed E-state index contributed by atoms with van der Waals surface area (Å²) in [5, 5.41) is 0. The summed E-state index contributed by atoms with van der Waals surface area (Å²) in [7, 11) is -0.390. The number of carbonyl (C=O) groups is 1. The van der Waals surface area contributed by atoms with E-state index in [1.54, 1.807) is 25.1 Å². The van der Waals surface area contributed by atoms with Gasteiger partial charge in [0, 0.05) is 45.7 Å². The Bertz CT molecular complexity index is 1260. The van der Waals surface area contributed by atoms with Crippen LogP contribution < -0.4 is 5.76 Å². The lowest BCUT2D eigenvalue weighted by Gasteiger charge is -2.32. The second kappa shape index (κ2) is 8.32. The quantitative estimate of drug-likeness (QED) is 0.603. The van der Waals surface area contributed by atoms with Crippen molar-refractivity contribution < 1.29 is 17.6 Å². The van der Waals surface area contributed by atoms with Crippen molar-refractivity contribution >= 4 is 27.0 Å². The third-order valence-corrected chi connectivity index (χ3v) is 7.74. The van der Waals surface area contributed by atoms with Gasteiger partial charge in [0.05, 0.1) is 10.4 Å². The third-order valence-electron chi connectivity index (χ3n) is 5.84. The standard InChI is InChI=1S/C22H25N3O5S/c1-23(15-16-6-4-3-5-7-16)21(26)17-10-12-25(13-11-17)31(28,29)18-8-9-19-20(14-18)30-22(27)24(19)2/h3-9,14,17H,10-13,15H2,1-2H3. The molecule has 0 atom stereocenters. The highest BCUT2D eigenvalue weighted by atomic mass is 32.2. The molecule has 0 spiro atoms. The molecular formula is C22H25N3O5S. The highest BCUT2D eigenvalue weighted by molar-refractivity contribution is 7.89. The van der Waals surface area contributed by atoms with Crippen molar-refractivity contribution in [2.24, 2.45) is 13.0 Å². The first-order valence-electron chi connectivity index (χ1n) is 10.2. The monoisotopic (exact) mass is 443 g/mol. The average molecular weight is 444 g/mol. The molecule has 1 aliphatic rings. The van der Waals surface area contributed by atoms with E-state index in [-0.39, 0.29) is 35.4 Å². The van der Waals surface area contributed by atoms with Gasteiger partial charge in [0.2, 0.25) is 15.9 Å². The maximum Gasteiger partial charge on any atom is 0.419 e. The van der Waals surface area contributed by atoms with Crippen LogP contribution in [0.1, 0.15) is 18.4 Å². The number of carbonyl (C=O) groups excluding carboxylic acids is 1. The number of amides is 1. The van der Waals surface area contributed by atoms with E-state index >= 15 is 0 Å². The van der Waals surface area contributed by atoms with E-state index in [1.165, 1.54) is 21.0 Å². The fourth-order valence-electron chi connectivity index (χ4n) is 4.01. The molecule has 1 saturated heterocycles. The normalized spacial score (nSPS) is 15.9. The molecule has 0 saturated carbocycles. The molecule has 31 heavy (non-hydrogen) atoms. The average Bonchev–Trinajstić information content (AvgIpc) is 3.07. The second-order valence-corrected chi connectivity index (χ2v) is 9.85. The number of hydrogen-bond acceptors (Lipinski definition) is 5. The van der Waals surface area contributed by atoms with Crippen molar-refractivity contribution in [3.05, 3.63) is 64.6 Å². The van der Waals surface area contributed by atoms with Gasteiger partial charge in [0.15, 0.2) is 5.58 Å². The Morgan fingerprint density at radius 2 is 1.81 bits per heavy atom. The van der Waals surface area contributed by atoms with Gasteiger partial charge in [-0.3, -0.25) is 9.36 Å². The molecule has 0 aliphatic carbocycles. The van der Waals surface area contributed by atoms with Crippen LogP contribution in [0.5, 0.6) is 0 Å². The number of oxazole rings is 1. The van der Waals surface area contributed by atoms with Gasteiger partial charge in [-0.1, -0.05) is 30.3 Å². The van der Waals surface area contributed by atoms with Crippen molar-refractivity contribution in [2.75, 3.05) is 20.1 Å². The van der Waals surface area contributed by atoms with E-state index in [0.717, 1.165) is 5.56 Å². The Balaban J connectivity index is 1.43. The Morgan fingerprint density at radius 1 is 1.13 bits per heavy atom.